The normalized spacial score (nSPS) is 15.7. The van der Waals surface area contributed by atoms with Gasteiger partial charge in [0.25, 0.3) is 0 Å². The van der Waals surface area contributed by atoms with E-state index >= 15 is 0 Å². The van der Waals surface area contributed by atoms with E-state index in [1.54, 1.807) is 6.08 Å². The van der Waals surface area contributed by atoms with Crippen LogP contribution in [0.4, 0.5) is 5.88 Å². The van der Waals surface area contributed by atoms with Crippen LogP contribution in [0.2, 0.25) is 0 Å². The van der Waals surface area contributed by atoms with Gasteiger partial charge < -0.3 is 9.15 Å². The highest BCUT2D eigenvalue weighted by molar-refractivity contribution is 6.05. The third-order valence-corrected chi connectivity index (χ3v) is 3.46. The van der Waals surface area contributed by atoms with E-state index in [-0.39, 0.29) is 17.2 Å². The molecule has 1 aliphatic rings. The molecule has 1 aromatic carbocycles. The molecule has 116 valence electrons. The van der Waals surface area contributed by atoms with E-state index < -0.39 is 10.9 Å². The van der Waals surface area contributed by atoms with Crippen molar-refractivity contribution in [3.05, 3.63) is 74.5 Å². The average Bonchev–Trinajstić information content (AvgIpc) is 3.07. The van der Waals surface area contributed by atoms with Gasteiger partial charge in [0.05, 0.1) is 11.6 Å². The Morgan fingerprint density at radius 1 is 1.17 bits per heavy atom. The Kier molecular flexibility index (Phi) is 3.57. The minimum absolute atomic E-state index is 0.224. The SMILES string of the molecule is Cc1ccc(C2=C/C(=C\c3ccc([N+](=O)[O-])o3)C(=O)O2)c(C)c1. The number of carbonyl (C=O) groups is 1. The minimum Gasteiger partial charge on any atom is -0.422 e. The highest BCUT2D eigenvalue weighted by atomic mass is 16.6. The molecule has 0 amide bonds. The van der Waals surface area contributed by atoms with E-state index in [0.29, 0.717) is 5.76 Å². The monoisotopic (exact) mass is 311 g/mol. The van der Waals surface area contributed by atoms with Crippen molar-refractivity contribution in [2.75, 3.05) is 0 Å². The topological polar surface area (TPSA) is 82.6 Å². The highest BCUT2D eigenvalue weighted by Gasteiger charge is 2.24. The second-order valence-corrected chi connectivity index (χ2v) is 5.25. The summed E-state index contributed by atoms with van der Waals surface area (Å²) >= 11 is 0. The zero-order valence-corrected chi connectivity index (χ0v) is 12.5. The van der Waals surface area contributed by atoms with Gasteiger partial charge in [-0.2, -0.15) is 0 Å². The first-order valence-electron chi connectivity index (χ1n) is 6.91. The summed E-state index contributed by atoms with van der Waals surface area (Å²) in [6.45, 7) is 3.93. The number of ether oxygens (including phenoxy) is 1. The molecule has 0 bridgehead atoms. The summed E-state index contributed by atoms with van der Waals surface area (Å²) in [4.78, 5) is 21.9. The Bertz CT molecular complexity index is 873. The summed E-state index contributed by atoms with van der Waals surface area (Å²) in [5.74, 6) is -0.206. The van der Waals surface area contributed by atoms with Gasteiger partial charge in [-0.3, -0.25) is 10.1 Å². The number of nitrogens with zero attached hydrogens (tertiary/aromatic N) is 1. The maximum atomic E-state index is 12.0. The van der Waals surface area contributed by atoms with E-state index in [1.807, 2.05) is 32.0 Å². The summed E-state index contributed by atoms with van der Waals surface area (Å²) in [5, 5.41) is 10.6. The minimum atomic E-state index is -0.633. The first-order valence-corrected chi connectivity index (χ1v) is 6.91. The van der Waals surface area contributed by atoms with E-state index in [9.17, 15) is 14.9 Å². The van der Waals surface area contributed by atoms with Crippen LogP contribution in [-0.2, 0) is 9.53 Å². The number of esters is 1. The number of carbonyl (C=O) groups excluding carboxylic acids is 1. The number of rotatable bonds is 3. The molecule has 2 heterocycles. The maximum absolute atomic E-state index is 12.0. The van der Waals surface area contributed by atoms with Gasteiger partial charge in [0.1, 0.15) is 16.4 Å². The fraction of sp³-hybridized carbons (Fsp3) is 0.118. The lowest BCUT2D eigenvalue weighted by atomic mass is 10.0. The summed E-state index contributed by atoms with van der Waals surface area (Å²) in [6, 6.07) is 8.50. The van der Waals surface area contributed by atoms with Crippen LogP contribution in [0.3, 0.4) is 0 Å². The zero-order chi connectivity index (χ0) is 16.6. The second kappa shape index (κ2) is 5.57. The maximum Gasteiger partial charge on any atom is 0.433 e. The predicted octanol–water partition coefficient (Wildman–Crippen LogP) is 3.79. The predicted molar refractivity (Wildman–Crippen MR) is 83.3 cm³/mol. The summed E-state index contributed by atoms with van der Waals surface area (Å²) < 4.78 is 10.3. The molecule has 0 saturated heterocycles. The van der Waals surface area contributed by atoms with E-state index in [2.05, 4.69) is 0 Å². The number of aryl methyl sites for hydroxylation is 2. The Morgan fingerprint density at radius 3 is 2.61 bits per heavy atom. The van der Waals surface area contributed by atoms with Gasteiger partial charge in [0.2, 0.25) is 0 Å². The van der Waals surface area contributed by atoms with Crippen molar-refractivity contribution in [3.8, 4) is 0 Å². The van der Waals surface area contributed by atoms with Gasteiger partial charge in [0.15, 0.2) is 0 Å². The van der Waals surface area contributed by atoms with Crippen LogP contribution in [-0.4, -0.2) is 10.9 Å². The Labute approximate surface area is 131 Å². The third-order valence-electron chi connectivity index (χ3n) is 3.46. The molecule has 0 saturated carbocycles. The number of furan rings is 1. The third kappa shape index (κ3) is 2.91. The molecular weight excluding hydrogens is 298 g/mol. The van der Waals surface area contributed by atoms with Crippen molar-refractivity contribution < 1.29 is 18.9 Å². The number of hydrogen-bond acceptors (Lipinski definition) is 5. The van der Waals surface area contributed by atoms with E-state index in [1.165, 1.54) is 18.2 Å². The number of benzene rings is 1. The van der Waals surface area contributed by atoms with Crippen LogP contribution in [0.1, 0.15) is 22.5 Å². The fourth-order valence-electron chi connectivity index (χ4n) is 2.38. The van der Waals surface area contributed by atoms with Gasteiger partial charge in [0, 0.05) is 5.56 Å². The van der Waals surface area contributed by atoms with Gasteiger partial charge in [-0.15, -0.1) is 0 Å². The first kappa shape index (κ1) is 14.8. The number of hydrogen-bond donors (Lipinski definition) is 0. The highest BCUT2D eigenvalue weighted by Crippen LogP contribution is 2.30. The Morgan fingerprint density at radius 2 is 1.96 bits per heavy atom. The Hall–Kier alpha value is -3.15. The largest absolute Gasteiger partial charge is 0.433 e. The number of nitro groups is 1. The van der Waals surface area contributed by atoms with Gasteiger partial charge in [-0.25, -0.2) is 4.79 Å². The van der Waals surface area contributed by atoms with E-state index in [4.69, 9.17) is 9.15 Å². The fourth-order valence-corrected chi connectivity index (χ4v) is 2.38. The summed E-state index contributed by atoms with van der Waals surface area (Å²) in [7, 11) is 0. The zero-order valence-electron chi connectivity index (χ0n) is 12.5. The molecule has 1 aliphatic heterocycles. The quantitative estimate of drug-likeness (QED) is 0.373. The molecule has 6 heteroatoms. The molecule has 0 fully saturated rings. The number of cyclic esters (lactones) is 1. The molecule has 0 spiro atoms. The molecule has 23 heavy (non-hydrogen) atoms. The van der Waals surface area contributed by atoms with Crippen molar-refractivity contribution in [1.29, 1.82) is 0 Å². The lowest BCUT2D eigenvalue weighted by Crippen LogP contribution is -1.98. The lowest BCUT2D eigenvalue weighted by molar-refractivity contribution is -0.402. The van der Waals surface area contributed by atoms with Gasteiger partial charge in [-0.1, -0.05) is 23.8 Å². The Balaban J connectivity index is 1.94. The molecule has 0 radical (unpaired) electrons. The molecule has 3 rings (SSSR count). The smallest absolute Gasteiger partial charge is 0.422 e. The molecule has 0 N–H and O–H groups in total. The average molecular weight is 311 g/mol. The lowest BCUT2D eigenvalue weighted by Gasteiger charge is -2.06. The molecule has 2 aromatic rings. The first-order chi connectivity index (χ1) is 10.9. The molecule has 6 nitrogen and oxygen atoms in total. The standard InChI is InChI=1S/C17H13NO5/c1-10-3-5-14(11(2)7-10)15-9-12(17(19)23-15)8-13-4-6-16(22-13)18(20)21/h3-9H,1-2H3/b12-8+. The van der Waals surface area contributed by atoms with Gasteiger partial charge >= 0.3 is 11.9 Å². The van der Waals surface area contributed by atoms with Crippen LogP contribution < -0.4 is 0 Å². The molecular formula is C17H13NO5. The van der Waals surface area contributed by atoms with Crippen LogP contribution in [0, 0.1) is 24.0 Å². The van der Waals surface area contributed by atoms with Crippen LogP contribution in [0.25, 0.3) is 11.8 Å². The van der Waals surface area contributed by atoms with Crippen LogP contribution >= 0.6 is 0 Å². The van der Waals surface area contributed by atoms with Gasteiger partial charge in [-0.05, 0) is 37.6 Å². The van der Waals surface area contributed by atoms with Crippen molar-refractivity contribution in [1.82, 2.24) is 0 Å². The van der Waals surface area contributed by atoms with Crippen molar-refractivity contribution >= 4 is 23.7 Å². The van der Waals surface area contributed by atoms with Crippen LogP contribution in [0.5, 0.6) is 0 Å². The summed E-state index contributed by atoms with van der Waals surface area (Å²) in [5.41, 5.74) is 3.23. The second-order valence-electron chi connectivity index (χ2n) is 5.25. The van der Waals surface area contributed by atoms with Crippen molar-refractivity contribution in [2.45, 2.75) is 13.8 Å². The van der Waals surface area contributed by atoms with Crippen molar-refractivity contribution in [2.24, 2.45) is 0 Å². The molecule has 0 unspecified atom stereocenters. The van der Waals surface area contributed by atoms with Crippen molar-refractivity contribution in [3.63, 3.8) is 0 Å². The molecule has 0 atom stereocenters. The molecule has 0 aliphatic carbocycles. The van der Waals surface area contributed by atoms with E-state index in [0.717, 1.165) is 16.7 Å². The summed E-state index contributed by atoms with van der Waals surface area (Å²) in [6.07, 6.45) is 3.03. The molecule has 1 aromatic heterocycles. The van der Waals surface area contributed by atoms with Crippen LogP contribution in [0.15, 0.2) is 46.4 Å².